The Morgan fingerprint density at radius 2 is 1.40 bits per heavy atom. The van der Waals surface area contributed by atoms with Crippen molar-refractivity contribution in [2.75, 3.05) is 0 Å². The van der Waals surface area contributed by atoms with Gasteiger partial charge in [0.1, 0.15) is 6.63 Å². The largest absolute Gasteiger partial charge is 0.116 e. The van der Waals surface area contributed by atoms with Crippen molar-refractivity contribution < 1.29 is 23.2 Å². The maximum atomic E-state index is 5.63. The first-order valence-corrected chi connectivity index (χ1v) is 12.0. The van der Waals surface area contributed by atoms with Crippen LogP contribution in [0.15, 0.2) is 73.3 Å². The molecule has 3 rings (SSSR count). The molecule has 4 heteroatoms. The maximum Gasteiger partial charge on any atom is 0.116 e. The molecule has 0 bridgehead atoms. The molecular weight excluding hydrogens is 385 g/mol. The summed E-state index contributed by atoms with van der Waals surface area (Å²) in [5, 5.41) is 1.01. The Morgan fingerprint density at radius 1 is 0.850 bits per heavy atom. The molecule has 0 heterocycles. The molecule has 0 nitrogen and oxygen atoms in total. The summed E-state index contributed by atoms with van der Waals surface area (Å²) in [5.74, 6) is 0. The van der Waals surface area contributed by atoms with Gasteiger partial charge in [-0.25, -0.2) is 0 Å². The molecule has 0 saturated carbocycles. The molecule has 0 aromatic heterocycles. The third-order valence-electron chi connectivity index (χ3n) is 2.82. The van der Waals surface area contributed by atoms with E-state index in [0.717, 1.165) is 5.30 Å². The minimum atomic E-state index is -0.951. The van der Waals surface area contributed by atoms with Crippen molar-refractivity contribution in [2.45, 2.75) is 12.8 Å². The molecule has 20 heavy (non-hydrogen) atoms. The van der Waals surface area contributed by atoms with Crippen molar-refractivity contribution in [1.82, 2.24) is 0 Å². The summed E-state index contributed by atoms with van der Waals surface area (Å²) in [6, 6.07) is 9.64. The first-order chi connectivity index (χ1) is 9.75. The van der Waals surface area contributed by atoms with Crippen LogP contribution in [0.5, 0.6) is 0 Å². The van der Waals surface area contributed by atoms with E-state index in [1.54, 1.807) is 6.56 Å². The van der Waals surface area contributed by atoms with E-state index in [1.807, 2.05) is 30.3 Å². The van der Waals surface area contributed by atoms with E-state index in [1.165, 1.54) is 12.8 Å². The zero-order valence-electron chi connectivity index (χ0n) is 11.0. The van der Waals surface area contributed by atoms with Crippen LogP contribution in [0.2, 0.25) is 0 Å². The Labute approximate surface area is 143 Å². The molecule has 0 radical (unpaired) electrons. The molecule has 102 valence electrons. The second kappa shape index (κ2) is 9.16. The average Bonchev–Trinajstić information content (AvgIpc) is 3.15. The molecule has 0 N–H and O–H groups in total. The molecule has 2 aliphatic carbocycles. The number of hydrogen-bond donors (Lipinski definition) is 0. The topological polar surface area (TPSA) is 0 Å². The minimum Gasteiger partial charge on any atom is -0.0727 e. The SMILES string of the molecule is C1=CC[C]([Zr][C]2=CC=CC2)=C1.ClP(Cl)c1ccccc1. The van der Waals surface area contributed by atoms with Crippen LogP contribution in [0.1, 0.15) is 12.8 Å². The van der Waals surface area contributed by atoms with Gasteiger partial charge in [-0.05, 0) is 0 Å². The van der Waals surface area contributed by atoms with Gasteiger partial charge in [0.15, 0.2) is 0 Å². The van der Waals surface area contributed by atoms with Crippen LogP contribution in [0.4, 0.5) is 0 Å². The van der Waals surface area contributed by atoms with Crippen LogP contribution < -0.4 is 5.30 Å². The molecular formula is C16H15Cl2PZr. The van der Waals surface area contributed by atoms with Crippen molar-refractivity contribution in [3.05, 3.63) is 73.3 Å². The summed E-state index contributed by atoms with van der Waals surface area (Å²) in [6.45, 7) is -0.951. The van der Waals surface area contributed by atoms with E-state index >= 15 is 0 Å². The summed E-state index contributed by atoms with van der Waals surface area (Å²) in [5.41, 5.74) is 0. The Kier molecular flexibility index (Phi) is 7.53. The zero-order valence-corrected chi connectivity index (χ0v) is 15.8. The fraction of sp³-hybridized carbons (Fsp3) is 0.125. The van der Waals surface area contributed by atoms with E-state index in [4.69, 9.17) is 22.5 Å². The van der Waals surface area contributed by atoms with Gasteiger partial charge in [-0.2, -0.15) is 0 Å². The second-order valence-electron chi connectivity index (χ2n) is 4.34. The van der Waals surface area contributed by atoms with Crippen LogP contribution in [0, 0.1) is 0 Å². The molecule has 0 fully saturated rings. The van der Waals surface area contributed by atoms with Gasteiger partial charge in [0.05, 0.1) is 0 Å². The van der Waals surface area contributed by atoms with Gasteiger partial charge in [0.2, 0.25) is 0 Å². The number of allylic oxidation sites excluding steroid dienone is 8. The average molecular weight is 400 g/mol. The Balaban J connectivity index is 0.000000151. The summed E-state index contributed by atoms with van der Waals surface area (Å²) in [4.78, 5) is 0. The van der Waals surface area contributed by atoms with Crippen molar-refractivity contribution in [3.63, 3.8) is 0 Å². The Morgan fingerprint density at radius 3 is 1.75 bits per heavy atom. The number of benzene rings is 1. The van der Waals surface area contributed by atoms with Crippen molar-refractivity contribution >= 4 is 34.4 Å². The second-order valence-corrected chi connectivity index (χ2v) is 11.6. The fourth-order valence-corrected chi connectivity index (χ4v) is 5.88. The predicted molar refractivity (Wildman–Crippen MR) is 88.4 cm³/mol. The van der Waals surface area contributed by atoms with Crippen LogP contribution >= 0.6 is 29.1 Å². The van der Waals surface area contributed by atoms with Crippen molar-refractivity contribution in [1.29, 1.82) is 0 Å². The standard InChI is InChI=1S/C6H5Cl2P.2C5H5.Zr/c7-9(8)6-4-2-1-3-5-6;2*1-2-4-5-3-1;/h1-5H;2*1-3H,4H2;. The monoisotopic (exact) mass is 398 g/mol. The Hall–Kier alpha value is 0.0731. The van der Waals surface area contributed by atoms with E-state index < -0.39 is 6.63 Å². The van der Waals surface area contributed by atoms with Gasteiger partial charge < -0.3 is 0 Å². The third-order valence-corrected chi connectivity index (χ3v) is 8.08. The molecule has 0 amide bonds. The molecule has 0 unspecified atom stereocenters. The molecule has 2 aliphatic rings. The Bertz CT molecular complexity index is 517. The molecule has 0 atom stereocenters. The van der Waals surface area contributed by atoms with Crippen LogP contribution in [0.25, 0.3) is 0 Å². The van der Waals surface area contributed by atoms with Crippen LogP contribution in [-0.4, -0.2) is 0 Å². The van der Waals surface area contributed by atoms with Gasteiger partial charge in [-0.15, -0.1) is 0 Å². The zero-order chi connectivity index (χ0) is 14.2. The molecule has 1 aromatic carbocycles. The third kappa shape index (κ3) is 5.83. The summed E-state index contributed by atoms with van der Waals surface area (Å²) >= 11 is 11.0. The fourth-order valence-electron chi connectivity index (χ4n) is 1.83. The van der Waals surface area contributed by atoms with Crippen LogP contribution in [0.3, 0.4) is 0 Å². The first kappa shape index (κ1) is 16.4. The van der Waals surface area contributed by atoms with E-state index in [-0.39, 0.29) is 23.2 Å². The minimum absolute atomic E-state index is 0.312. The van der Waals surface area contributed by atoms with Gasteiger partial charge in [-0.3, -0.25) is 0 Å². The van der Waals surface area contributed by atoms with E-state index in [9.17, 15) is 0 Å². The van der Waals surface area contributed by atoms with Crippen LogP contribution in [-0.2, 0) is 23.2 Å². The molecule has 0 spiro atoms. The summed E-state index contributed by atoms with van der Waals surface area (Å²) in [7, 11) is 0. The van der Waals surface area contributed by atoms with Gasteiger partial charge in [0, 0.05) is 5.30 Å². The summed E-state index contributed by atoms with van der Waals surface area (Å²) in [6.07, 6.45) is 16.0. The smallest absolute Gasteiger partial charge is 0.0727 e. The molecule has 0 aliphatic heterocycles. The normalized spacial score (nSPS) is 15.8. The van der Waals surface area contributed by atoms with E-state index in [2.05, 4.69) is 36.5 Å². The number of rotatable bonds is 3. The van der Waals surface area contributed by atoms with Crippen molar-refractivity contribution in [2.24, 2.45) is 0 Å². The molecule has 0 saturated heterocycles. The maximum absolute atomic E-state index is 5.63. The molecule has 1 aromatic rings. The van der Waals surface area contributed by atoms with Gasteiger partial charge in [0.25, 0.3) is 0 Å². The van der Waals surface area contributed by atoms with E-state index in [0.29, 0.717) is 0 Å². The first-order valence-electron chi connectivity index (χ1n) is 6.41. The van der Waals surface area contributed by atoms with Crippen molar-refractivity contribution in [3.8, 4) is 0 Å². The quantitative estimate of drug-likeness (QED) is 0.558. The predicted octanol–water partition coefficient (Wildman–Crippen LogP) is 5.86. The number of halogens is 2. The summed E-state index contributed by atoms with van der Waals surface area (Å²) < 4.78 is 3.45. The van der Waals surface area contributed by atoms with Gasteiger partial charge in [-0.1, -0.05) is 52.8 Å². The number of hydrogen-bond acceptors (Lipinski definition) is 0. The van der Waals surface area contributed by atoms with Gasteiger partial charge >= 0.3 is 79.1 Å².